The molecular weight excluding hydrogens is 256 g/mol. The predicted molar refractivity (Wildman–Crippen MR) is 74.5 cm³/mol. The summed E-state index contributed by atoms with van der Waals surface area (Å²) in [4.78, 5) is 12.4. The fourth-order valence-electron chi connectivity index (χ4n) is 3.26. The van der Waals surface area contributed by atoms with Crippen molar-refractivity contribution in [3.63, 3.8) is 0 Å². The van der Waals surface area contributed by atoms with Crippen LogP contribution in [0.1, 0.15) is 30.4 Å². The Labute approximate surface area is 117 Å². The molecule has 2 N–H and O–H groups in total. The largest absolute Gasteiger partial charge is 0.511 e. The highest BCUT2D eigenvalue weighted by molar-refractivity contribution is 6.24. The van der Waals surface area contributed by atoms with Crippen molar-refractivity contribution >= 4 is 11.4 Å². The van der Waals surface area contributed by atoms with E-state index in [2.05, 4.69) is 0 Å². The van der Waals surface area contributed by atoms with Gasteiger partial charge in [0.05, 0.1) is 5.57 Å². The van der Waals surface area contributed by atoms with E-state index in [1.807, 2.05) is 6.92 Å². The maximum Gasteiger partial charge on any atom is 0.167 e. The zero-order valence-corrected chi connectivity index (χ0v) is 11.5. The molecule has 1 aromatic carbocycles. The zero-order valence-electron chi connectivity index (χ0n) is 11.5. The zero-order chi connectivity index (χ0) is 14.3. The number of aryl methyl sites for hydroxylation is 1. The number of aliphatic hydroxyl groups excluding tert-OH is 1. The van der Waals surface area contributed by atoms with Crippen molar-refractivity contribution in [2.45, 2.75) is 26.2 Å². The molecule has 1 aromatic rings. The van der Waals surface area contributed by atoms with Crippen molar-refractivity contribution in [2.24, 2.45) is 5.41 Å². The SMILES string of the molecule is Cc1cc(O)ccc1C1=C(O)C2(CCOCC2)CC1=O. The molecule has 106 valence electrons. The quantitative estimate of drug-likeness (QED) is 0.826. The highest BCUT2D eigenvalue weighted by Gasteiger charge is 2.47. The number of rotatable bonds is 1. The average molecular weight is 274 g/mol. The lowest BCUT2D eigenvalue weighted by Crippen LogP contribution is -2.29. The van der Waals surface area contributed by atoms with Crippen LogP contribution in [-0.2, 0) is 9.53 Å². The summed E-state index contributed by atoms with van der Waals surface area (Å²) < 4.78 is 5.34. The molecular formula is C16H18O4. The molecule has 0 atom stereocenters. The van der Waals surface area contributed by atoms with Crippen LogP contribution in [0.3, 0.4) is 0 Å². The summed E-state index contributed by atoms with van der Waals surface area (Å²) >= 11 is 0. The molecule has 3 rings (SSSR count). The number of carbonyl (C=O) groups is 1. The Morgan fingerprint density at radius 2 is 1.90 bits per heavy atom. The number of ketones is 1. The minimum absolute atomic E-state index is 0.0156. The van der Waals surface area contributed by atoms with E-state index in [9.17, 15) is 15.0 Å². The van der Waals surface area contributed by atoms with E-state index in [4.69, 9.17) is 4.74 Å². The monoisotopic (exact) mass is 274 g/mol. The number of allylic oxidation sites excluding steroid dienone is 2. The third kappa shape index (κ3) is 1.91. The molecule has 1 saturated heterocycles. The summed E-state index contributed by atoms with van der Waals surface area (Å²) in [6.07, 6.45) is 1.73. The number of hydrogen-bond acceptors (Lipinski definition) is 4. The molecule has 0 amide bonds. The van der Waals surface area contributed by atoms with E-state index in [0.717, 1.165) is 5.56 Å². The number of phenolic OH excluding ortho intramolecular Hbond substituents is 1. The highest BCUT2D eigenvalue weighted by Crippen LogP contribution is 2.50. The maximum absolute atomic E-state index is 12.4. The molecule has 1 aliphatic carbocycles. The summed E-state index contributed by atoms with van der Waals surface area (Å²) in [7, 11) is 0. The van der Waals surface area contributed by atoms with Gasteiger partial charge in [-0.3, -0.25) is 4.79 Å². The van der Waals surface area contributed by atoms with Crippen LogP contribution in [0.4, 0.5) is 0 Å². The van der Waals surface area contributed by atoms with Crippen molar-refractivity contribution in [1.29, 1.82) is 0 Å². The summed E-state index contributed by atoms with van der Waals surface area (Å²) in [5.74, 6) is 0.357. The Hall–Kier alpha value is -1.81. The fourth-order valence-corrected chi connectivity index (χ4v) is 3.26. The van der Waals surface area contributed by atoms with E-state index in [1.54, 1.807) is 18.2 Å². The Morgan fingerprint density at radius 1 is 1.20 bits per heavy atom. The number of carbonyl (C=O) groups excluding carboxylic acids is 1. The van der Waals surface area contributed by atoms with Gasteiger partial charge in [-0.1, -0.05) is 6.07 Å². The molecule has 1 fully saturated rings. The minimum Gasteiger partial charge on any atom is -0.511 e. The number of Topliss-reactive ketones (excluding diaryl/α,β-unsaturated/α-hetero) is 1. The molecule has 2 aliphatic rings. The van der Waals surface area contributed by atoms with Crippen molar-refractivity contribution in [3.8, 4) is 5.75 Å². The number of ether oxygens (including phenoxy) is 1. The smallest absolute Gasteiger partial charge is 0.167 e. The lowest BCUT2D eigenvalue weighted by Gasteiger charge is -2.32. The van der Waals surface area contributed by atoms with Crippen LogP contribution < -0.4 is 0 Å². The van der Waals surface area contributed by atoms with Gasteiger partial charge in [0.2, 0.25) is 0 Å². The second-order valence-corrected chi connectivity index (χ2v) is 5.72. The van der Waals surface area contributed by atoms with Crippen molar-refractivity contribution < 1.29 is 19.7 Å². The first-order chi connectivity index (χ1) is 9.53. The van der Waals surface area contributed by atoms with Gasteiger partial charge in [0.25, 0.3) is 0 Å². The van der Waals surface area contributed by atoms with Crippen molar-refractivity contribution in [2.75, 3.05) is 13.2 Å². The number of hydrogen-bond donors (Lipinski definition) is 2. The van der Waals surface area contributed by atoms with Crippen molar-refractivity contribution in [1.82, 2.24) is 0 Å². The maximum atomic E-state index is 12.4. The molecule has 0 unspecified atom stereocenters. The van der Waals surface area contributed by atoms with Crippen LogP contribution in [0.2, 0.25) is 0 Å². The molecule has 1 aliphatic heterocycles. The molecule has 1 heterocycles. The normalized spacial score (nSPS) is 21.8. The molecule has 0 radical (unpaired) electrons. The highest BCUT2D eigenvalue weighted by atomic mass is 16.5. The first kappa shape index (κ1) is 13.2. The van der Waals surface area contributed by atoms with Crippen molar-refractivity contribution in [3.05, 3.63) is 35.1 Å². The number of phenols is 1. The lowest BCUT2D eigenvalue weighted by atomic mass is 9.78. The summed E-state index contributed by atoms with van der Waals surface area (Å²) in [6, 6.07) is 4.86. The van der Waals surface area contributed by atoms with Crippen LogP contribution in [0.5, 0.6) is 5.75 Å². The second-order valence-electron chi connectivity index (χ2n) is 5.72. The van der Waals surface area contributed by atoms with E-state index in [1.165, 1.54) is 0 Å². The van der Waals surface area contributed by atoms with E-state index < -0.39 is 5.41 Å². The molecule has 20 heavy (non-hydrogen) atoms. The first-order valence-electron chi connectivity index (χ1n) is 6.88. The Bertz CT molecular complexity index is 594. The van der Waals surface area contributed by atoms with E-state index in [-0.39, 0.29) is 17.3 Å². The topological polar surface area (TPSA) is 66.8 Å². The number of aliphatic hydroxyl groups is 1. The number of benzene rings is 1. The van der Waals surface area contributed by atoms with E-state index >= 15 is 0 Å². The van der Waals surface area contributed by atoms with Gasteiger partial charge in [-0.15, -0.1) is 0 Å². The average Bonchev–Trinajstić information content (AvgIpc) is 2.63. The Morgan fingerprint density at radius 3 is 2.55 bits per heavy atom. The standard InChI is InChI=1S/C16H18O4/c1-10-8-11(17)2-3-12(10)14-13(18)9-16(15(14)19)4-6-20-7-5-16/h2-3,8,17,19H,4-7,9H2,1H3. The predicted octanol–water partition coefficient (Wildman–Crippen LogP) is 2.74. The molecule has 4 nitrogen and oxygen atoms in total. The second kappa shape index (κ2) is 4.63. The van der Waals surface area contributed by atoms with Crippen LogP contribution in [0.25, 0.3) is 5.57 Å². The number of aromatic hydroxyl groups is 1. The van der Waals surface area contributed by atoms with Gasteiger partial charge in [-0.2, -0.15) is 0 Å². The van der Waals surface area contributed by atoms with Gasteiger partial charge in [0.1, 0.15) is 11.5 Å². The van der Waals surface area contributed by atoms with Gasteiger partial charge >= 0.3 is 0 Å². The molecule has 0 aromatic heterocycles. The van der Waals surface area contributed by atoms with Gasteiger partial charge in [-0.25, -0.2) is 0 Å². The fraction of sp³-hybridized carbons (Fsp3) is 0.438. The van der Waals surface area contributed by atoms with Gasteiger partial charge in [-0.05, 0) is 43.0 Å². The third-order valence-electron chi connectivity index (χ3n) is 4.45. The van der Waals surface area contributed by atoms with Gasteiger partial charge in [0, 0.05) is 25.0 Å². The van der Waals surface area contributed by atoms with Crippen LogP contribution in [0.15, 0.2) is 24.0 Å². The van der Waals surface area contributed by atoms with Crippen LogP contribution in [-0.4, -0.2) is 29.2 Å². The van der Waals surface area contributed by atoms with Crippen LogP contribution >= 0.6 is 0 Å². The third-order valence-corrected chi connectivity index (χ3v) is 4.45. The minimum atomic E-state index is -0.436. The first-order valence-corrected chi connectivity index (χ1v) is 6.88. The summed E-state index contributed by atoms with van der Waals surface area (Å²) in [6.45, 7) is 3.00. The van der Waals surface area contributed by atoms with Gasteiger partial charge in [0.15, 0.2) is 5.78 Å². The summed E-state index contributed by atoms with van der Waals surface area (Å²) in [5, 5.41) is 20.1. The molecule has 0 saturated carbocycles. The molecule has 0 bridgehead atoms. The Balaban J connectivity index is 2.09. The molecule has 1 spiro atoms. The van der Waals surface area contributed by atoms with Crippen LogP contribution in [0, 0.1) is 12.3 Å². The Kier molecular flexibility index (Phi) is 3.05. The molecule has 4 heteroatoms. The van der Waals surface area contributed by atoms with Gasteiger partial charge < -0.3 is 14.9 Å². The van der Waals surface area contributed by atoms with E-state index in [0.29, 0.717) is 43.6 Å². The summed E-state index contributed by atoms with van der Waals surface area (Å²) in [5.41, 5.74) is 1.50. The lowest BCUT2D eigenvalue weighted by molar-refractivity contribution is -0.115.